The van der Waals surface area contributed by atoms with Crippen LogP contribution in [0.5, 0.6) is 0 Å². The standard InChI is InChI=1S/C10H14N2O2/c1-2-9(13)7-12-10(14)8-4-3-5-11-6-8/h3-6,9,13H,2,7H2,1H3,(H,12,14). The van der Waals surface area contributed by atoms with Crippen LogP contribution in [0.25, 0.3) is 0 Å². The van der Waals surface area contributed by atoms with Gasteiger partial charge >= 0.3 is 0 Å². The number of aromatic nitrogens is 1. The van der Waals surface area contributed by atoms with Gasteiger partial charge in [-0.3, -0.25) is 9.78 Å². The molecule has 4 heteroatoms. The van der Waals surface area contributed by atoms with E-state index in [4.69, 9.17) is 0 Å². The summed E-state index contributed by atoms with van der Waals surface area (Å²) in [5.74, 6) is -0.203. The number of aliphatic hydroxyl groups is 1. The van der Waals surface area contributed by atoms with E-state index in [0.29, 0.717) is 12.0 Å². The second kappa shape index (κ2) is 5.34. The Balaban J connectivity index is 2.44. The van der Waals surface area contributed by atoms with Crippen molar-refractivity contribution in [2.75, 3.05) is 6.54 Å². The molecule has 1 amide bonds. The summed E-state index contributed by atoms with van der Waals surface area (Å²) in [7, 11) is 0. The van der Waals surface area contributed by atoms with Crippen molar-refractivity contribution in [1.82, 2.24) is 10.3 Å². The molecule has 0 aliphatic rings. The van der Waals surface area contributed by atoms with Crippen molar-refractivity contribution < 1.29 is 9.90 Å². The number of rotatable bonds is 4. The maximum absolute atomic E-state index is 11.4. The van der Waals surface area contributed by atoms with Crippen LogP contribution >= 0.6 is 0 Å². The van der Waals surface area contributed by atoms with E-state index in [1.165, 1.54) is 6.20 Å². The van der Waals surface area contributed by atoms with Crippen LogP contribution in [-0.2, 0) is 0 Å². The number of pyridine rings is 1. The number of nitrogens with zero attached hydrogens (tertiary/aromatic N) is 1. The molecule has 0 radical (unpaired) electrons. The van der Waals surface area contributed by atoms with Gasteiger partial charge in [-0.25, -0.2) is 0 Å². The first kappa shape index (κ1) is 10.7. The van der Waals surface area contributed by atoms with E-state index in [9.17, 15) is 9.90 Å². The molecule has 1 atom stereocenters. The average Bonchev–Trinajstić information content (AvgIpc) is 2.26. The Morgan fingerprint density at radius 1 is 1.71 bits per heavy atom. The Hall–Kier alpha value is -1.42. The summed E-state index contributed by atoms with van der Waals surface area (Å²) in [6.45, 7) is 2.14. The van der Waals surface area contributed by atoms with Crippen LogP contribution in [0.4, 0.5) is 0 Å². The topological polar surface area (TPSA) is 62.2 Å². The first-order valence-electron chi connectivity index (χ1n) is 4.60. The van der Waals surface area contributed by atoms with Crippen LogP contribution in [0, 0.1) is 0 Å². The summed E-state index contributed by atoms with van der Waals surface area (Å²) < 4.78 is 0. The number of aliphatic hydroxyl groups excluding tert-OH is 1. The van der Waals surface area contributed by atoms with E-state index in [-0.39, 0.29) is 12.5 Å². The van der Waals surface area contributed by atoms with Crippen LogP contribution in [-0.4, -0.2) is 28.6 Å². The molecule has 1 heterocycles. The molecule has 0 saturated heterocycles. The third-order valence-electron chi connectivity index (χ3n) is 1.89. The summed E-state index contributed by atoms with van der Waals surface area (Å²) in [4.78, 5) is 15.2. The largest absolute Gasteiger partial charge is 0.391 e. The third kappa shape index (κ3) is 3.14. The first-order chi connectivity index (χ1) is 6.74. The summed E-state index contributed by atoms with van der Waals surface area (Å²) >= 11 is 0. The average molecular weight is 194 g/mol. The second-order valence-electron chi connectivity index (χ2n) is 3.01. The smallest absolute Gasteiger partial charge is 0.252 e. The summed E-state index contributed by atoms with van der Waals surface area (Å²) in [6, 6.07) is 3.38. The number of amides is 1. The van der Waals surface area contributed by atoms with E-state index < -0.39 is 6.10 Å². The van der Waals surface area contributed by atoms with Gasteiger partial charge in [0.1, 0.15) is 0 Å². The molecule has 1 aromatic heterocycles. The minimum absolute atomic E-state index is 0.203. The van der Waals surface area contributed by atoms with Gasteiger partial charge in [-0.15, -0.1) is 0 Å². The lowest BCUT2D eigenvalue weighted by Crippen LogP contribution is -2.31. The minimum atomic E-state index is -0.476. The van der Waals surface area contributed by atoms with Gasteiger partial charge in [-0.05, 0) is 18.6 Å². The van der Waals surface area contributed by atoms with Crippen LogP contribution in [0.1, 0.15) is 23.7 Å². The number of carbonyl (C=O) groups excluding carboxylic acids is 1. The van der Waals surface area contributed by atoms with Crippen molar-refractivity contribution >= 4 is 5.91 Å². The number of hydrogen-bond donors (Lipinski definition) is 2. The van der Waals surface area contributed by atoms with Gasteiger partial charge in [-0.2, -0.15) is 0 Å². The minimum Gasteiger partial charge on any atom is -0.391 e. The molecule has 0 aliphatic carbocycles. The van der Waals surface area contributed by atoms with Crippen LogP contribution in [0.2, 0.25) is 0 Å². The Morgan fingerprint density at radius 3 is 3.07 bits per heavy atom. The van der Waals surface area contributed by atoms with Crippen molar-refractivity contribution in [1.29, 1.82) is 0 Å². The zero-order valence-corrected chi connectivity index (χ0v) is 8.10. The highest BCUT2D eigenvalue weighted by Crippen LogP contribution is 1.95. The first-order valence-corrected chi connectivity index (χ1v) is 4.60. The summed E-state index contributed by atoms with van der Waals surface area (Å²) in [5, 5.41) is 11.8. The lowest BCUT2D eigenvalue weighted by Gasteiger charge is -2.08. The predicted octanol–water partition coefficient (Wildman–Crippen LogP) is 0.582. The van der Waals surface area contributed by atoms with E-state index in [0.717, 1.165) is 0 Å². The quantitative estimate of drug-likeness (QED) is 0.737. The van der Waals surface area contributed by atoms with Gasteiger partial charge in [0.05, 0.1) is 11.7 Å². The molecule has 2 N–H and O–H groups in total. The molecule has 4 nitrogen and oxygen atoms in total. The maximum atomic E-state index is 11.4. The van der Waals surface area contributed by atoms with Crippen LogP contribution < -0.4 is 5.32 Å². The van der Waals surface area contributed by atoms with Gasteiger partial charge < -0.3 is 10.4 Å². The molecule has 14 heavy (non-hydrogen) atoms. The lowest BCUT2D eigenvalue weighted by atomic mass is 10.2. The Kier molecular flexibility index (Phi) is 4.07. The van der Waals surface area contributed by atoms with Gasteiger partial charge in [0.2, 0.25) is 0 Å². The fourth-order valence-corrected chi connectivity index (χ4v) is 0.954. The van der Waals surface area contributed by atoms with Crippen molar-refractivity contribution in [3.8, 4) is 0 Å². The molecule has 0 spiro atoms. The van der Waals surface area contributed by atoms with Crippen molar-refractivity contribution in [3.05, 3.63) is 30.1 Å². The number of carbonyl (C=O) groups is 1. The molecule has 0 bridgehead atoms. The van der Waals surface area contributed by atoms with Crippen molar-refractivity contribution in [2.45, 2.75) is 19.4 Å². The van der Waals surface area contributed by atoms with E-state index in [1.54, 1.807) is 18.3 Å². The molecule has 0 aliphatic heterocycles. The number of hydrogen-bond acceptors (Lipinski definition) is 3. The van der Waals surface area contributed by atoms with Gasteiger partial charge in [0, 0.05) is 18.9 Å². The SMILES string of the molecule is CCC(O)CNC(=O)c1cccnc1. The van der Waals surface area contributed by atoms with Crippen molar-refractivity contribution in [3.63, 3.8) is 0 Å². The fraction of sp³-hybridized carbons (Fsp3) is 0.400. The van der Waals surface area contributed by atoms with Crippen LogP contribution in [0.3, 0.4) is 0 Å². The van der Waals surface area contributed by atoms with E-state index >= 15 is 0 Å². The highest BCUT2D eigenvalue weighted by molar-refractivity contribution is 5.93. The molecule has 0 fully saturated rings. The van der Waals surface area contributed by atoms with E-state index in [2.05, 4.69) is 10.3 Å². The highest BCUT2D eigenvalue weighted by Gasteiger charge is 2.06. The fourth-order valence-electron chi connectivity index (χ4n) is 0.954. The Bertz CT molecular complexity index is 287. The predicted molar refractivity (Wildman–Crippen MR) is 52.9 cm³/mol. The Morgan fingerprint density at radius 2 is 2.50 bits per heavy atom. The Labute approximate surface area is 83.0 Å². The van der Waals surface area contributed by atoms with E-state index in [1.807, 2.05) is 6.92 Å². The molecule has 76 valence electrons. The molecule has 1 aromatic rings. The molecule has 0 saturated carbocycles. The summed E-state index contributed by atoms with van der Waals surface area (Å²) in [6.07, 6.45) is 3.26. The normalized spacial score (nSPS) is 12.1. The van der Waals surface area contributed by atoms with Gasteiger partial charge in [0.15, 0.2) is 0 Å². The molecular formula is C10H14N2O2. The van der Waals surface area contributed by atoms with Gasteiger partial charge in [-0.1, -0.05) is 6.92 Å². The highest BCUT2D eigenvalue weighted by atomic mass is 16.3. The molecule has 1 unspecified atom stereocenters. The van der Waals surface area contributed by atoms with Crippen LogP contribution in [0.15, 0.2) is 24.5 Å². The molecular weight excluding hydrogens is 180 g/mol. The maximum Gasteiger partial charge on any atom is 0.252 e. The third-order valence-corrected chi connectivity index (χ3v) is 1.89. The van der Waals surface area contributed by atoms with Gasteiger partial charge in [0.25, 0.3) is 5.91 Å². The van der Waals surface area contributed by atoms with Crippen molar-refractivity contribution in [2.24, 2.45) is 0 Å². The molecule has 1 rings (SSSR count). The lowest BCUT2D eigenvalue weighted by molar-refractivity contribution is 0.0913. The summed E-state index contributed by atoms with van der Waals surface area (Å²) in [5.41, 5.74) is 0.510. The zero-order chi connectivity index (χ0) is 10.4. The zero-order valence-electron chi connectivity index (χ0n) is 8.10. The monoisotopic (exact) mass is 194 g/mol. The molecule has 0 aromatic carbocycles. The number of nitrogens with one attached hydrogen (secondary N) is 1. The second-order valence-corrected chi connectivity index (χ2v) is 3.01.